The predicted molar refractivity (Wildman–Crippen MR) is 143 cm³/mol. The van der Waals surface area contributed by atoms with Crippen molar-refractivity contribution in [3.05, 3.63) is 61.3 Å². The molecule has 8 heteroatoms. The zero-order valence-corrected chi connectivity index (χ0v) is 20.3. The van der Waals surface area contributed by atoms with Crippen molar-refractivity contribution in [1.29, 1.82) is 0 Å². The van der Waals surface area contributed by atoms with Crippen LogP contribution in [-0.4, -0.2) is 73.1 Å². The second-order valence-electron chi connectivity index (χ2n) is 9.37. The Morgan fingerprint density at radius 2 is 1.86 bits per heavy atom. The van der Waals surface area contributed by atoms with Crippen LogP contribution in [0.5, 0.6) is 0 Å². The van der Waals surface area contributed by atoms with Crippen LogP contribution in [0.15, 0.2) is 61.3 Å². The molecule has 35 heavy (non-hydrogen) atoms. The molecule has 3 aromatic rings. The number of amides is 1. The summed E-state index contributed by atoms with van der Waals surface area (Å²) in [6.45, 7) is 9.52. The molecule has 0 radical (unpaired) electrons. The third-order valence-corrected chi connectivity index (χ3v) is 6.88. The van der Waals surface area contributed by atoms with Gasteiger partial charge in [0.25, 0.3) is 0 Å². The molecule has 2 N–H and O–H groups in total. The van der Waals surface area contributed by atoms with Crippen molar-refractivity contribution in [3.8, 4) is 0 Å². The maximum Gasteiger partial charge on any atom is 0.243 e. The van der Waals surface area contributed by atoms with E-state index in [0.717, 1.165) is 74.4 Å². The van der Waals surface area contributed by atoms with Crippen LogP contribution in [0.3, 0.4) is 0 Å². The fraction of sp³-hybridized carbons (Fsp3) is 0.370. The number of fused-ring (bicyclic) bond motifs is 1. The lowest BCUT2D eigenvalue weighted by atomic mass is 10.0. The Balaban J connectivity index is 1.32. The Kier molecular flexibility index (Phi) is 6.81. The SMILES string of the molecule is C=CC(=O)NC1CCCN(c2cccc3cnc(Nc4ccc(N5CCN(C)CC5)cc4)nc23)C1. The molecule has 2 saturated heterocycles. The van der Waals surface area contributed by atoms with Gasteiger partial charge in [-0.15, -0.1) is 0 Å². The minimum atomic E-state index is -0.123. The number of hydrogen-bond acceptors (Lipinski definition) is 7. The van der Waals surface area contributed by atoms with E-state index in [0.29, 0.717) is 5.95 Å². The highest BCUT2D eigenvalue weighted by molar-refractivity contribution is 5.91. The van der Waals surface area contributed by atoms with E-state index in [1.165, 1.54) is 11.8 Å². The monoisotopic (exact) mass is 471 g/mol. The van der Waals surface area contributed by atoms with Gasteiger partial charge < -0.3 is 25.3 Å². The van der Waals surface area contributed by atoms with E-state index in [-0.39, 0.29) is 11.9 Å². The summed E-state index contributed by atoms with van der Waals surface area (Å²) in [5.74, 6) is 0.452. The van der Waals surface area contributed by atoms with Crippen molar-refractivity contribution in [1.82, 2.24) is 20.2 Å². The van der Waals surface area contributed by atoms with Crippen LogP contribution >= 0.6 is 0 Å². The lowest BCUT2D eigenvalue weighted by Crippen LogP contribution is -2.47. The Morgan fingerprint density at radius 3 is 2.63 bits per heavy atom. The summed E-state index contributed by atoms with van der Waals surface area (Å²) in [6, 6.07) is 14.8. The number of benzene rings is 2. The molecule has 0 aliphatic carbocycles. The van der Waals surface area contributed by atoms with Crippen molar-refractivity contribution in [2.45, 2.75) is 18.9 Å². The number of piperazine rings is 1. The average molecular weight is 472 g/mol. The predicted octanol–water partition coefficient (Wildman–Crippen LogP) is 3.40. The lowest BCUT2D eigenvalue weighted by molar-refractivity contribution is -0.117. The van der Waals surface area contributed by atoms with Crippen LogP contribution in [0.1, 0.15) is 12.8 Å². The van der Waals surface area contributed by atoms with Crippen molar-refractivity contribution < 1.29 is 4.79 Å². The van der Waals surface area contributed by atoms with E-state index in [2.05, 4.69) is 74.3 Å². The van der Waals surface area contributed by atoms with Crippen molar-refractivity contribution in [3.63, 3.8) is 0 Å². The minimum Gasteiger partial charge on any atom is -0.369 e. The van der Waals surface area contributed by atoms with Crippen LogP contribution in [0.4, 0.5) is 23.0 Å². The molecule has 182 valence electrons. The quantitative estimate of drug-likeness (QED) is 0.534. The summed E-state index contributed by atoms with van der Waals surface area (Å²) in [6.07, 6.45) is 5.18. The number of carbonyl (C=O) groups is 1. The molecule has 3 heterocycles. The van der Waals surface area contributed by atoms with Gasteiger partial charge in [0.2, 0.25) is 11.9 Å². The fourth-order valence-corrected chi connectivity index (χ4v) is 4.88. The van der Waals surface area contributed by atoms with Gasteiger partial charge in [0.1, 0.15) is 0 Å². The highest BCUT2D eigenvalue weighted by atomic mass is 16.1. The Hall–Kier alpha value is -3.65. The number of likely N-dealkylation sites (N-methyl/N-ethyl adjacent to an activating group) is 1. The first-order valence-electron chi connectivity index (χ1n) is 12.3. The standard InChI is InChI=1S/C27H33N7O/c1-3-25(35)29-22-7-5-13-34(19-22)24-8-4-6-20-18-28-27(31-26(20)24)30-21-9-11-23(12-10-21)33-16-14-32(2)15-17-33/h3-4,6,8-12,18,22H,1,5,7,13-17,19H2,2H3,(H,29,35)(H,28,30,31). The number of aromatic nitrogens is 2. The normalized spacial score (nSPS) is 18.9. The zero-order valence-electron chi connectivity index (χ0n) is 20.3. The maximum absolute atomic E-state index is 11.8. The van der Waals surface area contributed by atoms with Crippen LogP contribution in [0.2, 0.25) is 0 Å². The van der Waals surface area contributed by atoms with Gasteiger partial charge in [0.15, 0.2) is 0 Å². The van der Waals surface area contributed by atoms with E-state index in [9.17, 15) is 4.79 Å². The number of hydrogen-bond donors (Lipinski definition) is 2. The Labute approximate surface area is 206 Å². The van der Waals surface area contributed by atoms with Crippen LogP contribution in [-0.2, 0) is 4.79 Å². The zero-order chi connectivity index (χ0) is 24.2. The van der Waals surface area contributed by atoms with Gasteiger partial charge >= 0.3 is 0 Å². The molecule has 2 fully saturated rings. The number of para-hydroxylation sites is 1. The van der Waals surface area contributed by atoms with Gasteiger partial charge in [0, 0.05) is 68.3 Å². The highest BCUT2D eigenvalue weighted by Crippen LogP contribution is 2.29. The molecule has 1 atom stereocenters. The van der Waals surface area contributed by atoms with Gasteiger partial charge in [-0.2, -0.15) is 0 Å². The molecule has 0 bridgehead atoms. The summed E-state index contributed by atoms with van der Waals surface area (Å²) in [4.78, 5) is 28.3. The number of rotatable bonds is 6. The molecule has 0 spiro atoms. The Morgan fingerprint density at radius 1 is 1.06 bits per heavy atom. The molecule has 2 aliphatic heterocycles. The molecule has 1 amide bonds. The molecule has 0 saturated carbocycles. The van der Waals surface area contributed by atoms with E-state index < -0.39 is 0 Å². The van der Waals surface area contributed by atoms with Crippen LogP contribution in [0, 0.1) is 0 Å². The molecule has 5 rings (SSSR count). The lowest BCUT2D eigenvalue weighted by Gasteiger charge is -2.35. The van der Waals surface area contributed by atoms with Gasteiger partial charge in [0.05, 0.1) is 11.2 Å². The van der Waals surface area contributed by atoms with Gasteiger partial charge in [-0.05, 0) is 56.3 Å². The van der Waals surface area contributed by atoms with Gasteiger partial charge in [-0.25, -0.2) is 9.97 Å². The van der Waals surface area contributed by atoms with E-state index in [4.69, 9.17) is 4.98 Å². The largest absolute Gasteiger partial charge is 0.369 e. The number of nitrogens with one attached hydrogen (secondary N) is 2. The minimum absolute atomic E-state index is 0.0998. The van der Waals surface area contributed by atoms with E-state index >= 15 is 0 Å². The molecule has 1 unspecified atom stereocenters. The third kappa shape index (κ3) is 5.38. The Bertz CT molecular complexity index is 1190. The summed E-state index contributed by atoms with van der Waals surface area (Å²) in [5, 5.41) is 7.41. The first-order chi connectivity index (χ1) is 17.1. The highest BCUT2D eigenvalue weighted by Gasteiger charge is 2.23. The second-order valence-corrected chi connectivity index (χ2v) is 9.37. The summed E-state index contributed by atoms with van der Waals surface area (Å²) >= 11 is 0. The second kappa shape index (κ2) is 10.3. The fourth-order valence-electron chi connectivity index (χ4n) is 4.88. The van der Waals surface area contributed by atoms with E-state index in [1.54, 1.807) is 0 Å². The number of carbonyl (C=O) groups excluding carboxylic acids is 1. The smallest absolute Gasteiger partial charge is 0.243 e. The van der Waals surface area contributed by atoms with E-state index in [1.807, 2.05) is 18.3 Å². The van der Waals surface area contributed by atoms with Gasteiger partial charge in [-0.3, -0.25) is 4.79 Å². The average Bonchev–Trinajstić information content (AvgIpc) is 2.89. The number of nitrogens with zero attached hydrogens (tertiary/aromatic N) is 5. The van der Waals surface area contributed by atoms with Crippen LogP contribution in [0.25, 0.3) is 10.9 Å². The number of piperidine rings is 1. The summed E-state index contributed by atoms with van der Waals surface area (Å²) in [5.41, 5.74) is 4.18. The number of anilines is 4. The molecular formula is C27H33N7O. The van der Waals surface area contributed by atoms with Crippen molar-refractivity contribution in [2.75, 3.05) is 61.4 Å². The molecule has 2 aliphatic rings. The molecular weight excluding hydrogens is 438 g/mol. The first-order valence-corrected chi connectivity index (χ1v) is 12.3. The third-order valence-electron chi connectivity index (χ3n) is 6.88. The topological polar surface area (TPSA) is 76.6 Å². The summed E-state index contributed by atoms with van der Waals surface area (Å²) in [7, 11) is 2.17. The maximum atomic E-state index is 11.8. The van der Waals surface area contributed by atoms with Gasteiger partial charge in [-0.1, -0.05) is 18.7 Å². The molecule has 1 aromatic heterocycles. The van der Waals surface area contributed by atoms with Crippen LogP contribution < -0.4 is 20.4 Å². The molecule has 2 aromatic carbocycles. The summed E-state index contributed by atoms with van der Waals surface area (Å²) < 4.78 is 0. The molecule has 8 nitrogen and oxygen atoms in total. The van der Waals surface area contributed by atoms with Crippen molar-refractivity contribution >= 4 is 39.8 Å². The first kappa shape index (κ1) is 23.1. The van der Waals surface area contributed by atoms with Crippen molar-refractivity contribution in [2.24, 2.45) is 0 Å².